The van der Waals surface area contributed by atoms with Crippen LogP contribution < -0.4 is 0 Å². The van der Waals surface area contributed by atoms with Crippen LogP contribution in [0.5, 0.6) is 0 Å². The maximum absolute atomic E-state index is 5.06. The zero-order valence-electron chi connectivity index (χ0n) is 4.33. The molecular formula is C7H6LiN. The summed E-state index contributed by atoms with van der Waals surface area (Å²) in [7, 11) is 0. The first-order valence-electron chi connectivity index (χ1n) is 2.30. The minimum atomic E-state index is 0. The van der Waals surface area contributed by atoms with E-state index in [1.807, 2.05) is 12.1 Å². The van der Waals surface area contributed by atoms with E-state index in [4.69, 9.17) is 6.42 Å². The second-order valence-electron chi connectivity index (χ2n) is 1.39. The molecule has 0 aliphatic carbocycles. The molecule has 1 nitrogen and oxygen atoms in total. The van der Waals surface area contributed by atoms with Gasteiger partial charge in [-0.1, -0.05) is 5.92 Å². The van der Waals surface area contributed by atoms with Crippen molar-refractivity contribution in [3.8, 4) is 12.3 Å². The molecule has 0 aliphatic rings. The molecule has 40 valence electrons. The van der Waals surface area contributed by atoms with Crippen LogP contribution in [0.25, 0.3) is 0 Å². The van der Waals surface area contributed by atoms with Crippen molar-refractivity contribution < 1.29 is 0 Å². The summed E-state index contributed by atoms with van der Waals surface area (Å²) < 4.78 is 0. The van der Waals surface area contributed by atoms with Gasteiger partial charge in [-0.25, -0.2) is 0 Å². The first kappa shape index (κ1) is 8.31. The number of hydrogen-bond donors (Lipinski definition) is 0. The topological polar surface area (TPSA) is 12.9 Å². The molecule has 1 heterocycles. The number of nitrogens with zero attached hydrogens (tertiary/aromatic N) is 1. The SMILES string of the molecule is C#Cc1cccnc1.[LiH]. The molecule has 0 radical (unpaired) electrons. The molecule has 1 aromatic heterocycles. The van der Waals surface area contributed by atoms with E-state index in [1.165, 1.54) is 0 Å². The Bertz CT molecular complexity index is 200. The fourth-order valence-electron chi connectivity index (χ4n) is 0.448. The molecule has 0 atom stereocenters. The molecule has 9 heavy (non-hydrogen) atoms. The molecule has 0 unspecified atom stereocenters. The van der Waals surface area contributed by atoms with Crippen LogP contribution in [0.4, 0.5) is 0 Å². The molecule has 0 saturated heterocycles. The summed E-state index contributed by atoms with van der Waals surface area (Å²) in [4.78, 5) is 3.81. The van der Waals surface area contributed by atoms with Gasteiger partial charge < -0.3 is 0 Å². The van der Waals surface area contributed by atoms with Gasteiger partial charge in [-0.3, -0.25) is 4.98 Å². The number of aromatic nitrogens is 1. The van der Waals surface area contributed by atoms with Crippen molar-refractivity contribution in [1.82, 2.24) is 4.98 Å². The van der Waals surface area contributed by atoms with Gasteiger partial charge in [0.1, 0.15) is 0 Å². The van der Waals surface area contributed by atoms with Crippen LogP contribution in [0.15, 0.2) is 24.5 Å². The Hall–Kier alpha value is -0.693. The predicted octanol–water partition coefficient (Wildman–Crippen LogP) is 0.414. The van der Waals surface area contributed by atoms with Crippen molar-refractivity contribution in [3.05, 3.63) is 30.1 Å². The van der Waals surface area contributed by atoms with Crippen molar-refractivity contribution in [2.45, 2.75) is 0 Å². The third-order valence-electron chi connectivity index (χ3n) is 0.828. The minimum absolute atomic E-state index is 0. The van der Waals surface area contributed by atoms with Crippen LogP contribution in [0.3, 0.4) is 0 Å². The van der Waals surface area contributed by atoms with Gasteiger partial charge in [-0.05, 0) is 12.1 Å². The van der Waals surface area contributed by atoms with Crippen molar-refractivity contribution in [3.63, 3.8) is 0 Å². The Morgan fingerprint density at radius 3 is 2.67 bits per heavy atom. The first-order valence-corrected chi connectivity index (χ1v) is 2.30. The molecule has 1 rings (SSSR count). The van der Waals surface area contributed by atoms with Gasteiger partial charge in [0.05, 0.1) is 0 Å². The molecule has 0 amide bonds. The predicted molar refractivity (Wildman–Crippen MR) is 39.3 cm³/mol. The number of hydrogen-bond acceptors (Lipinski definition) is 1. The third kappa shape index (κ3) is 2.38. The molecule has 1 aromatic rings. The number of pyridine rings is 1. The quantitative estimate of drug-likeness (QED) is 0.349. The van der Waals surface area contributed by atoms with Crippen molar-refractivity contribution in [2.24, 2.45) is 0 Å². The zero-order valence-corrected chi connectivity index (χ0v) is 4.33. The third-order valence-corrected chi connectivity index (χ3v) is 0.828. The average molecular weight is 111 g/mol. The van der Waals surface area contributed by atoms with Gasteiger partial charge in [0.25, 0.3) is 0 Å². The fraction of sp³-hybridized carbons (Fsp3) is 0. The summed E-state index contributed by atoms with van der Waals surface area (Å²) in [6, 6.07) is 3.65. The van der Waals surface area contributed by atoms with E-state index >= 15 is 0 Å². The fourth-order valence-corrected chi connectivity index (χ4v) is 0.448. The summed E-state index contributed by atoms with van der Waals surface area (Å²) in [5.41, 5.74) is 0.826. The summed E-state index contributed by atoms with van der Waals surface area (Å²) in [6.45, 7) is 0. The van der Waals surface area contributed by atoms with Crippen LogP contribution in [0.1, 0.15) is 5.56 Å². The van der Waals surface area contributed by atoms with Crippen LogP contribution in [-0.2, 0) is 0 Å². The first-order chi connectivity index (χ1) is 3.93. The maximum atomic E-state index is 5.06. The van der Waals surface area contributed by atoms with Gasteiger partial charge >= 0.3 is 18.9 Å². The number of rotatable bonds is 0. The number of terminal acetylenes is 1. The Kier molecular flexibility index (Phi) is 3.89. The van der Waals surface area contributed by atoms with E-state index < -0.39 is 0 Å². The Labute approximate surface area is 66.7 Å². The molecule has 0 aliphatic heterocycles. The van der Waals surface area contributed by atoms with Crippen molar-refractivity contribution >= 4 is 18.9 Å². The summed E-state index contributed by atoms with van der Waals surface area (Å²) in [5.74, 6) is 2.46. The molecule has 0 spiro atoms. The summed E-state index contributed by atoms with van der Waals surface area (Å²) in [5, 5.41) is 0. The van der Waals surface area contributed by atoms with Crippen LogP contribution in [-0.4, -0.2) is 23.8 Å². The molecule has 0 N–H and O–H groups in total. The Balaban J connectivity index is 0.000000640. The van der Waals surface area contributed by atoms with Crippen LogP contribution >= 0.6 is 0 Å². The average Bonchev–Trinajstić information content (AvgIpc) is 1.90. The molecule has 0 saturated carbocycles. The molecule has 0 bridgehead atoms. The second-order valence-corrected chi connectivity index (χ2v) is 1.39. The van der Waals surface area contributed by atoms with Gasteiger partial charge in [-0.2, -0.15) is 0 Å². The standard InChI is InChI=1S/C7H5N.Li.H/c1-2-7-4-3-5-8-6-7;;/h1,3-6H;;. The van der Waals surface area contributed by atoms with Crippen molar-refractivity contribution in [2.75, 3.05) is 0 Å². The van der Waals surface area contributed by atoms with E-state index in [0.29, 0.717) is 0 Å². The van der Waals surface area contributed by atoms with Gasteiger partial charge in [0, 0.05) is 18.0 Å². The van der Waals surface area contributed by atoms with Crippen LogP contribution in [0, 0.1) is 12.3 Å². The van der Waals surface area contributed by atoms with E-state index in [0.717, 1.165) is 5.56 Å². The second kappa shape index (κ2) is 4.21. The van der Waals surface area contributed by atoms with Crippen molar-refractivity contribution in [1.29, 1.82) is 0 Å². The molecular weight excluding hydrogens is 105 g/mol. The normalized spacial score (nSPS) is 7.00. The van der Waals surface area contributed by atoms with E-state index in [9.17, 15) is 0 Å². The van der Waals surface area contributed by atoms with E-state index in [-0.39, 0.29) is 18.9 Å². The summed E-state index contributed by atoms with van der Waals surface area (Å²) >= 11 is 0. The monoisotopic (exact) mass is 111 g/mol. The van der Waals surface area contributed by atoms with Gasteiger partial charge in [-0.15, -0.1) is 6.42 Å². The van der Waals surface area contributed by atoms with E-state index in [1.54, 1.807) is 12.4 Å². The zero-order chi connectivity index (χ0) is 5.82. The molecule has 2 heteroatoms. The van der Waals surface area contributed by atoms with Gasteiger partial charge in [0.15, 0.2) is 0 Å². The van der Waals surface area contributed by atoms with E-state index in [2.05, 4.69) is 10.9 Å². The van der Waals surface area contributed by atoms with Crippen LogP contribution in [0.2, 0.25) is 0 Å². The Morgan fingerprint density at radius 1 is 1.56 bits per heavy atom. The molecule has 0 fully saturated rings. The van der Waals surface area contributed by atoms with Gasteiger partial charge in [0.2, 0.25) is 0 Å². The summed E-state index contributed by atoms with van der Waals surface area (Å²) in [6.07, 6.45) is 8.41. The Morgan fingerprint density at radius 2 is 2.33 bits per heavy atom. The molecule has 0 aromatic carbocycles.